The second kappa shape index (κ2) is 7.84. The van der Waals surface area contributed by atoms with Crippen molar-refractivity contribution in [3.63, 3.8) is 0 Å². The largest absolute Gasteiger partial charge is 0.490 e. The van der Waals surface area contributed by atoms with E-state index in [2.05, 4.69) is 5.10 Å². The molecule has 0 unspecified atom stereocenters. The summed E-state index contributed by atoms with van der Waals surface area (Å²) >= 11 is 5.91. The summed E-state index contributed by atoms with van der Waals surface area (Å²) in [5.41, 5.74) is 1.46. The molecule has 0 atom stereocenters. The molecular formula is C21H20ClN3O2. The van der Waals surface area contributed by atoms with Crippen LogP contribution in [0, 0.1) is 0 Å². The molecule has 0 N–H and O–H groups in total. The van der Waals surface area contributed by atoms with E-state index in [1.54, 1.807) is 10.9 Å². The molecule has 2 aromatic carbocycles. The van der Waals surface area contributed by atoms with Gasteiger partial charge in [0.15, 0.2) is 0 Å². The maximum Gasteiger partial charge on any atom is 0.256 e. The van der Waals surface area contributed by atoms with Gasteiger partial charge in [-0.15, -0.1) is 0 Å². The van der Waals surface area contributed by atoms with Gasteiger partial charge in [0.1, 0.15) is 11.9 Å². The predicted octanol–water partition coefficient (Wildman–Crippen LogP) is 4.21. The van der Waals surface area contributed by atoms with Crippen LogP contribution in [0.3, 0.4) is 0 Å². The van der Waals surface area contributed by atoms with E-state index >= 15 is 0 Å². The maximum atomic E-state index is 13.0. The van der Waals surface area contributed by atoms with Crippen molar-refractivity contribution >= 4 is 17.5 Å². The van der Waals surface area contributed by atoms with Gasteiger partial charge in [-0.3, -0.25) is 4.79 Å². The SMILES string of the molecule is O=C(c1ccccc1-n1cccn1)N1CCC(Oc2ccc(Cl)cc2)CC1. The lowest BCUT2D eigenvalue weighted by molar-refractivity contribution is 0.0595. The highest BCUT2D eigenvalue weighted by atomic mass is 35.5. The van der Waals surface area contributed by atoms with Crippen LogP contribution in [-0.4, -0.2) is 39.8 Å². The fourth-order valence-electron chi connectivity index (χ4n) is 3.32. The summed E-state index contributed by atoms with van der Waals surface area (Å²) in [6.45, 7) is 1.34. The van der Waals surface area contributed by atoms with Gasteiger partial charge in [0.25, 0.3) is 5.91 Å². The number of carbonyl (C=O) groups is 1. The molecule has 5 nitrogen and oxygen atoms in total. The Kier molecular flexibility index (Phi) is 5.12. The molecule has 0 aliphatic carbocycles. The van der Waals surface area contributed by atoms with Crippen molar-refractivity contribution in [1.29, 1.82) is 0 Å². The quantitative estimate of drug-likeness (QED) is 0.680. The smallest absolute Gasteiger partial charge is 0.256 e. The minimum absolute atomic E-state index is 0.0334. The number of hydrogen-bond acceptors (Lipinski definition) is 3. The molecule has 2 heterocycles. The van der Waals surface area contributed by atoms with Crippen LogP contribution < -0.4 is 4.74 Å². The first-order valence-electron chi connectivity index (χ1n) is 9.01. The number of halogens is 1. The average Bonchev–Trinajstić information content (AvgIpc) is 3.24. The van der Waals surface area contributed by atoms with Gasteiger partial charge in [0, 0.05) is 43.3 Å². The van der Waals surface area contributed by atoms with Gasteiger partial charge in [-0.1, -0.05) is 23.7 Å². The van der Waals surface area contributed by atoms with E-state index in [0.717, 1.165) is 24.3 Å². The lowest BCUT2D eigenvalue weighted by Crippen LogP contribution is -2.42. The second-order valence-corrected chi connectivity index (χ2v) is 6.97. The Morgan fingerprint density at radius 2 is 1.78 bits per heavy atom. The van der Waals surface area contributed by atoms with Crippen molar-refractivity contribution in [2.24, 2.45) is 0 Å². The topological polar surface area (TPSA) is 47.4 Å². The maximum absolute atomic E-state index is 13.0. The Bertz CT molecular complexity index is 901. The number of ether oxygens (including phenoxy) is 1. The number of likely N-dealkylation sites (tertiary alicyclic amines) is 1. The summed E-state index contributed by atoms with van der Waals surface area (Å²) < 4.78 is 7.74. The molecule has 1 aromatic heterocycles. The van der Waals surface area contributed by atoms with Crippen LogP contribution in [0.15, 0.2) is 67.0 Å². The highest BCUT2D eigenvalue weighted by molar-refractivity contribution is 6.30. The van der Waals surface area contributed by atoms with Crippen molar-refractivity contribution in [3.8, 4) is 11.4 Å². The number of aromatic nitrogens is 2. The Balaban J connectivity index is 1.41. The predicted molar refractivity (Wildman–Crippen MR) is 105 cm³/mol. The van der Waals surface area contributed by atoms with Crippen LogP contribution in [-0.2, 0) is 0 Å². The van der Waals surface area contributed by atoms with E-state index in [9.17, 15) is 4.79 Å². The molecule has 138 valence electrons. The molecular weight excluding hydrogens is 362 g/mol. The van der Waals surface area contributed by atoms with Crippen molar-refractivity contribution in [2.75, 3.05) is 13.1 Å². The summed E-state index contributed by atoms with van der Waals surface area (Å²) in [5.74, 6) is 0.847. The van der Waals surface area contributed by atoms with Gasteiger partial charge in [-0.05, 0) is 42.5 Å². The number of hydrogen-bond donors (Lipinski definition) is 0. The lowest BCUT2D eigenvalue weighted by Gasteiger charge is -2.32. The molecule has 1 amide bonds. The fourth-order valence-corrected chi connectivity index (χ4v) is 3.44. The molecule has 4 rings (SSSR count). The van der Waals surface area contributed by atoms with E-state index < -0.39 is 0 Å². The van der Waals surface area contributed by atoms with Crippen LogP contribution in [0.25, 0.3) is 5.69 Å². The molecule has 27 heavy (non-hydrogen) atoms. The first kappa shape index (κ1) is 17.6. The second-order valence-electron chi connectivity index (χ2n) is 6.53. The molecule has 3 aromatic rings. The first-order chi connectivity index (χ1) is 13.2. The Morgan fingerprint density at radius 3 is 2.48 bits per heavy atom. The van der Waals surface area contributed by atoms with E-state index in [-0.39, 0.29) is 12.0 Å². The van der Waals surface area contributed by atoms with E-state index in [4.69, 9.17) is 16.3 Å². The Labute approximate surface area is 163 Å². The minimum Gasteiger partial charge on any atom is -0.490 e. The van der Waals surface area contributed by atoms with E-state index in [1.807, 2.05) is 65.7 Å². The zero-order chi connectivity index (χ0) is 18.6. The monoisotopic (exact) mass is 381 g/mol. The summed E-state index contributed by atoms with van der Waals surface area (Å²) in [7, 11) is 0. The minimum atomic E-state index is 0.0334. The molecule has 1 saturated heterocycles. The van der Waals surface area contributed by atoms with Crippen LogP contribution in [0.2, 0.25) is 5.02 Å². The van der Waals surface area contributed by atoms with Crippen LogP contribution >= 0.6 is 11.6 Å². The zero-order valence-electron chi connectivity index (χ0n) is 14.8. The number of piperidine rings is 1. The van der Waals surface area contributed by atoms with Crippen molar-refractivity contribution in [2.45, 2.75) is 18.9 Å². The fraction of sp³-hybridized carbons (Fsp3) is 0.238. The Hall–Kier alpha value is -2.79. The van der Waals surface area contributed by atoms with Gasteiger partial charge in [0.2, 0.25) is 0 Å². The van der Waals surface area contributed by atoms with Crippen molar-refractivity contribution < 1.29 is 9.53 Å². The number of carbonyl (C=O) groups excluding carboxylic acids is 1. The molecule has 0 saturated carbocycles. The lowest BCUT2D eigenvalue weighted by atomic mass is 10.1. The molecule has 0 spiro atoms. The highest BCUT2D eigenvalue weighted by Crippen LogP contribution is 2.23. The van der Waals surface area contributed by atoms with Gasteiger partial charge in [-0.25, -0.2) is 4.68 Å². The van der Waals surface area contributed by atoms with Crippen LogP contribution in [0.1, 0.15) is 23.2 Å². The summed E-state index contributed by atoms with van der Waals surface area (Å²) in [5, 5.41) is 4.95. The standard InChI is InChI=1S/C21H20ClN3O2/c22-16-6-8-17(9-7-16)27-18-10-14-24(15-11-18)21(26)19-4-1-2-5-20(19)25-13-3-12-23-25/h1-9,12-13,18H,10-11,14-15H2. The number of para-hydroxylation sites is 1. The number of rotatable bonds is 4. The number of amides is 1. The third-order valence-electron chi connectivity index (χ3n) is 4.73. The number of nitrogens with zero attached hydrogens (tertiary/aromatic N) is 3. The van der Waals surface area contributed by atoms with Crippen molar-refractivity contribution in [1.82, 2.24) is 14.7 Å². The summed E-state index contributed by atoms with van der Waals surface area (Å²) in [6, 6.07) is 16.8. The summed E-state index contributed by atoms with van der Waals surface area (Å²) in [4.78, 5) is 14.9. The molecule has 1 fully saturated rings. The first-order valence-corrected chi connectivity index (χ1v) is 9.39. The van der Waals surface area contributed by atoms with Gasteiger partial charge in [-0.2, -0.15) is 5.10 Å². The van der Waals surface area contributed by atoms with Crippen LogP contribution in [0.5, 0.6) is 5.75 Å². The molecule has 0 bridgehead atoms. The van der Waals surface area contributed by atoms with E-state index in [1.165, 1.54) is 0 Å². The third-order valence-corrected chi connectivity index (χ3v) is 4.98. The van der Waals surface area contributed by atoms with Gasteiger partial charge in [0.05, 0.1) is 11.3 Å². The molecule has 6 heteroatoms. The van der Waals surface area contributed by atoms with Gasteiger partial charge >= 0.3 is 0 Å². The zero-order valence-corrected chi connectivity index (χ0v) is 15.5. The van der Waals surface area contributed by atoms with E-state index in [0.29, 0.717) is 23.7 Å². The summed E-state index contributed by atoms with van der Waals surface area (Å²) in [6.07, 6.45) is 5.27. The Morgan fingerprint density at radius 1 is 1.04 bits per heavy atom. The molecule has 1 aliphatic heterocycles. The molecule has 1 aliphatic rings. The van der Waals surface area contributed by atoms with Crippen molar-refractivity contribution in [3.05, 3.63) is 77.6 Å². The highest BCUT2D eigenvalue weighted by Gasteiger charge is 2.26. The van der Waals surface area contributed by atoms with Gasteiger partial charge < -0.3 is 9.64 Å². The third kappa shape index (κ3) is 3.98. The normalized spacial score (nSPS) is 14.9. The number of benzene rings is 2. The average molecular weight is 382 g/mol. The van der Waals surface area contributed by atoms with Crippen LogP contribution in [0.4, 0.5) is 0 Å². The molecule has 0 radical (unpaired) electrons.